The summed E-state index contributed by atoms with van der Waals surface area (Å²) < 4.78 is 5.31. The van der Waals surface area contributed by atoms with Crippen LogP contribution < -0.4 is 0 Å². The molecule has 0 spiro atoms. The van der Waals surface area contributed by atoms with Gasteiger partial charge in [0, 0.05) is 31.6 Å². The van der Waals surface area contributed by atoms with Crippen LogP contribution in [0.3, 0.4) is 0 Å². The van der Waals surface area contributed by atoms with E-state index in [-0.39, 0.29) is 11.3 Å². The molecule has 120 valence electrons. The first kappa shape index (κ1) is 18.4. The molecule has 1 aliphatic rings. The Bertz CT molecular complexity index is 386. The Morgan fingerprint density at radius 2 is 2.14 bits per heavy atom. The van der Waals surface area contributed by atoms with E-state index in [1.165, 1.54) is 0 Å². The topological polar surface area (TPSA) is 45.1 Å². The number of hydrogen-bond acceptors (Lipinski definition) is 6. The zero-order chi connectivity index (χ0) is 15.7. The van der Waals surface area contributed by atoms with Gasteiger partial charge in [-0.2, -0.15) is 0 Å². The van der Waals surface area contributed by atoms with Crippen molar-refractivity contribution in [2.24, 2.45) is 4.99 Å². The smallest absolute Gasteiger partial charge is 0.409 e. The van der Waals surface area contributed by atoms with Gasteiger partial charge in [0.25, 0.3) is 0 Å². The number of likely N-dealkylation sites (N-methyl/N-ethyl adjacent to an activating group) is 2. The van der Waals surface area contributed by atoms with Crippen LogP contribution in [0.15, 0.2) is 16.1 Å². The third kappa shape index (κ3) is 8.38. The first-order chi connectivity index (χ1) is 9.99. The Labute approximate surface area is 135 Å². The van der Waals surface area contributed by atoms with E-state index in [2.05, 4.69) is 18.0 Å². The van der Waals surface area contributed by atoms with E-state index in [1.54, 1.807) is 33.5 Å². The van der Waals surface area contributed by atoms with E-state index < -0.39 is 0 Å². The average molecular weight is 332 g/mol. The number of nitrogens with zero attached hydrogens (tertiary/aromatic N) is 3. The van der Waals surface area contributed by atoms with Crippen molar-refractivity contribution in [1.29, 1.82) is 0 Å². The van der Waals surface area contributed by atoms with Crippen LogP contribution in [0.4, 0.5) is 4.79 Å². The molecule has 0 aliphatic carbocycles. The number of carbonyl (C=O) groups excluding carboxylic acids is 1. The minimum Gasteiger partial charge on any atom is -0.448 e. The zero-order valence-corrected chi connectivity index (χ0v) is 14.9. The van der Waals surface area contributed by atoms with Crippen molar-refractivity contribution in [2.75, 3.05) is 40.8 Å². The molecule has 0 aromatic carbocycles. The van der Waals surface area contributed by atoms with Gasteiger partial charge in [-0.15, -0.1) is 0 Å². The van der Waals surface area contributed by atoms with Crippen LogP contribution in [0.1, 0.15) is 19.8 Å². The Morgan fingerprint density at radius 3 is 2.76 bits per heavy atom. The molecule has 1 aliphatic heterocycles. The molecule has 21 heavy (non-hydrogen) atoms. The molecule has 0 aromatic rings. The van der Waals surface area contributed by atoms with E-state index in [0.717, 1.165) is 24.4 Å². The molecule has 0 aromatic heterocycles. The largest absolute Gasteiger partial charge is 0.448 e. The van der Waals surface area contributed by atoms with Crippen molar-refractivity contribution in [3.05, 3.63) is 11.1 Å². The minimum absolute atomic E-state index is 0.235. The lowest BCUT2D eigenvalue weighted by Gasteiger charge is -2.20. The zero-order valence-electron chi connectivity index (χ0n) is 13.2. The van der Waals surface area contributed by atoms with Gasteiger partial charge in [-0.1, -0.05) is 16.9 Å². The fraction of sp³-hybridized carbons (Fsp3) is 0.714. The molecule has 7 heteroatoms. The molecule has 1 atom stereocenters. The maximum atomic E-state index is 11.8. The van der Waals surface area contributed by atoms with Crippen LogP contribution in [-0.2, 0) is 4.74 Å². The monoisotopic (exact) mass is 331 g/mol. The number of amides is 1. The van der Waals surface area contributed by atoms with Gasteiger partial charge < -0.3 is 14.5 Å². The summed E-state index contributed by atoms with van der Waals surface area (Å²) in [6, 6.07) is 0. The van der Waals surface area contributed by atoms with E-state index >= 15 is 0 Å². The van der Waals surface area contributed by atoms with Gasteiger partial charge in [0.2, 0.25) is 0 Å². The molecule has 1 rings (SSSR count). The number of rotatable bonds is 8. The summed E-state index contributed by atoms with van der Waals surface area (Å²) >= 11 is 0. The second-order valence-electron chi connectivity index (χ2n) is 5.22. The number of aliphatic imine (C=N–C) groups is 1. The molecule has 1 amide bonds. The van der Waals surface area contributed by atoms with E-state index in [4.69, 9.17) is 4.74 Å². The van der Waals surface area contributed by atoms with Gasteiger partial charge in [-0.25, -0.2) is 4.79 Å². The van der Waals surface area contributed by atoms with Gasteiger partial charge in [0.15, 0.2) is 0 Å². The van der Waals surface area contributed by atoms with Crippen LogP contribution >= 0.6 is 21.6 Å². The van der Waals surface area contributed by atoms with E-state index in [1.807, 2.05) is 25.2 Å². The maximum Gasteiger partial charge on any atom is 0.409 e. The van der Waals surface area contributed by atoms with Crippen LogP contribution in [0.5, 0.6) is 0 Å². The molecule has 0 saturated heterocycles. The van der Waals surface area contributed by atoms with Crippen LogP contribution in [0.2, 0.25) is 0 Å². The number of ether oxygens (including phenoxy) is 1. The second-order valence-corrected chi connectivity index (χ2v) is 7.88. The predicted octanol–water partition coefficient (Wildman–Crippen LogP) is 3.09. The fourth-order valence-corrected chi connectivity index (χ4v) is 3.42. The number of carbonyl (C=O) groups is 1. The Hall–Kier alpha value is -0.660. The van der Waals surface area contributed by atoms with Crippen LogP contribution in [0.25, 0.3) is 0 Å². The lowest BCUT2D eigenvalue weighted by atomic mass is 10.3. The molecule has 0 fully saturated rings. The first-order valence-electron chi connectivity index (χ1n) is 7.07. The molecular formula is C14H25N3O2S2. The normalized spacial score (nSPS) is 15.8. The predicted molar refractivity (Wildman–Crippen MR) is 93.0 cm³/mol. The molecule has 5 nitrogen and oxygen atoms in total. The molecule has 0 radical (unpaired) electrons. The third-order valence-electron chi connectivity index (χ3n) is 2.77. The maximum absolute atomic E-state index is 11.8. The number of hydrogen-bond donors (Lipinski definition) is 0. The van der Waals surface area contributed by atoms with Gasteiger partial charge in [-0.3, -0.25) is 4.99 Å². The van der Waals surface area contributed by atoms with Crippen molar-refractivity contribution >= 4 is 33.9 Å². The molecule has 0 bridgehead atoms. The molecule has 0 N–H and O–H groups in total. The fourth-order valence-electron chi connectivity index (χ4n) is 1.44. The van der Waals surface area contributed by atoms with Crippen molar-refractivity contribution in [3.63, 3.8) is 0 Å². The average Bonchev–Trinajstić information content (AvgIpc) is 2.49. The second kappa shape index (κ2) is 10.1. The molecule has 1 heterocycles. The standard InChI is InChI=1S/C14H25N3O2S2/c1-12(20-21-13-7-5-6-8-15-13)11-19-14(18)17(4)10-9-16(2)3/h7-8,12H,5-6,9-11H2,1-4H3. The summed E-state index contributed by atoms with van der Waals surface area (Å²) in [5.41, 5.74) is 0. The van der Waals surface area contributed by atoms with E-state index in [9.17, 15) is 4.79 Å². The van der Waals surface area contributed by atoms with Crippen molar-refractivity contribution in [3.8, 4) is 0 Å². The summed E-state index contributed by atoms with van der Waals surface area (Å²) in [6.45, 7) is 3.97. The highest BCUT2D eigenvalue weighted by molar-refractivity contribution is 8.78. The lowest BCUT2D eigenvalue weighted by molar-refractivity contribution is 0.110. The summed E-state index contributed by atoms with van der Waals surface area (Å²) in [6.07, 6.45) is 5.93. The van der Waals surface area contributed by atoms with Gasteiger partial charge in [0.1, 0.15) is 11.6 Å². The Kier molecular flexibility index (Phi) is 8.87. The summed E-state index contributed by atoms with van der Waals surface area (Å²) in [4.78, 5) is 19.8. The first-order valence-corrected chi connectivity index (χ1v) is 9.29. The van der Waals surface area contributed by atoms with Crippen molar-refractivity contribution in [1.82, 2.24) is 9.80 Å². The minimum atomic E-state index is -0.260. The van der Waals surface area contributed by atoms with Gasteiger partial charge in [0.05, 0.1) is 0 Å². The molecule has 1 unspecified atom stereocenters. The third-order valence-corrected chi connectivity index (χ3v) is 5.56. The van der Waals surface area contributed by atoms with Gasteiger partial charge in [-0.05, 0) is 44.7 Å². The summed E-state index contributed by atoms with van der Waals surface area (Å²) in [7, 11) is 9.06. The lowest BCUT2D eigenvalue weighted by Crippen LogP contribution is -2.34. The highest BCUT2D eigenvalue weighted by atomic mass is 33.1. The highest BCUT2D eigenvalue weighted by Crippen LogP contribution is 2.35. The molecule has 0 saturated carbocycles. The Morgan fingerprint density at radius 1 is 1.38 bits per heavy atom. The quantitative estimate of drug-likeness (QED) is 0.640. The van der Waals surface area contributed by atoms with Gasteiger partial charge >= 0.3 is 6.09 Å². The summed E-state index contributed by atoms with van der Waals surface area (Å²) in [5, 5.41) is 1.28. The SMILES string of the molecule is CC(COC(=O)N(C)CCN(C)C)SSC1=CCCC=N1. The highest BCUT2D eigenvalue weighted by Gasteiger charge is 2.13. The van der Waals surface area contributed by atoms with Crippen molar-refractivity contribution < 1.29 is 9.53 Å². The van der Waals surface area contributed by atoms with Crippen LogP contribution in [-0.4, -0.2) is 68.2 Å². The van der Waals surface area contributed by atoms with E-state index in [0.29, 0.717) is 13.2 Å². The number of allylic oxidation sites excluding steroid dienone is 1. The van der Waals surface area contributed by atoms with Crippen LogP contribution in [0, 0.1) is 0 Å². The Balaban J connectivity index is 2.16. The van der Waals surface area contributed by atoms with Crippen molar-refractivity contribution in [2.45, 2.75) is 25.0 Å². The summed E-state index contributed by atoms with van der Waals surface area (Å²) in [5.74, 6) is 0. The molecular weight excluding hydrogens is 306 g/mol.